The average molecular weight is 646 g/mol. The van der Waals surface area contributed by atoms with E-state index >= 15 is 0 Å². The summed E-state index contributed by atoms with van der Waals surface area (Å²) in [5.74, 6) is -0.214. The van der Waals surface area contributed by atoms with Gasteiger partial charge in [-0.3, -0.25) is 19.9 Å². The van der Waals surface area contributed by atoms with Gasteiger partial charge in [0.05, 0.1) is 40.8 Å². The van der Waals surface area contributed by atoms with Gasteiger partial charge in [-0.05, 0) is 65.6 Å². The molecule has 0 fully saturated rings. The second-order valence-electron chi connectivity index (χ2n) is 11.4. The predicted molar refractivity (Wildman–Crippen MR) is 180 cm³/mol. The second-order valence-corrected chi connectivity index (χ2v) is 13.6. The van der Waals surface area contributed by atoms with Crippen molar-refractivity contribution < 1.29 is 17.6 Å². The van der Waals surface area contributed by atoms with E-state index in [1.54, 1.807) is 30.7 Å². The molecule has 3 N–H and O–H groups in total. The zero-order chi connectivity index (χ0) is 32.5. The molecule has 0 aliphatic carbocycles. The highest BCUT2D eigenvalue weighted by molar-refractivity contribution is 7.90. The fraction of sp³-hybridized carbons (Fsp3) is 0.114. The molecule has 0 radical (unpaired) electrons. The van der Waals surface area contributed by atoms with Gasteiger partial charge in [0.2, 0.25) is 5.91 Å². The molecule has 0 unspecified atom stereocenters. The molecule has 4 heterocycles. The number of nitrogens with one attached hydrogen (secondary N) is 3. The maximum absolute atomic E-state index is 14.6. The van der Waals surface area contributed by atoms with Crippen LogP contribution in [-0.2, 0) is 27.5 Å². The van der Waals surface area contributed by atoms with Gasteiger partial charge >= 0.3 is 0 Å². The number of aryl methyl sites for hydroxylation is 1. The van der Waals surface area contributed by atoms with Gasteiger partial charge in [-0.2, -0.15) is 5.10 Å². The van der Waals surface area contributed by atoms with Crippen LogP contribution in [0.4, 0.5) is 10.1 Å². The molecule has 0 aliphatic rings. The topological polar surface area (TPSA) is 146 Å². The van der Waals surface area contributed by atoms with E-state index in [-0.39, 0.29) is 24.5 Å². The quantitative estimate of drug-likeness (QED) is 0.171. The third kappa shape index (κ3) is 6.63. The van der Waals surface area contributed by atoms with E-state index in [0.29, 0.717) is 45.1 Å². The maximum atomic E-state index is 14.6. The van der Waals surface area contributed by atoms with E-state index in [9.17, 15) is 17.6 Å². The summed E-state index contributed by atoms with van der Waals surface area (Å²) in [6.45, 7) is 0. The van der Waals surface area contributed by atoms with Crippen molar-refractivity contribution in [2.24, 2.45) is 0 Å². The van der Waals surface area contributed by atoms with Crippen LogP contribution in [-0.4, -0.2) is 56.5 Å². The van der Waals surface area contributed by atoms with Crippen LogP contribution in [0.25, 0.3) is 55.8 Å². The number of halogens is 1. The minimum Gasteiger partial charge on any atom is -0.336 e. The number of aromatic nitrogens is 6. The number of carbonyl (C=O) groups is 1. The highest BCUT2D eigenvalue weighted by Crippen LogP contribution is 2.33. The molecule has 0 saturated heterocycles. The Morgan fingerprint density at radius 1 is 0.872 bits per heavy atom. The first-order valence-corrected chi connectivity index (χ1v) is 16.8. The van der Waals surface area contributed by atoms with Crippen molar-refractivity contribution in [3.8, 4) is 33.9 Å². The minimum atomic E-state index is -3.21. The van der Waals surface area contributed by atoms with E-state index < -0.39 is 15.7 Å². The van der Waals surface area contributed by atoms with Gasteiger partial charge < -0.3 is 10.3 Å². The van der Waals surface area contributed by atoms with E-state index in [0.717, 1.165) is 33.8 Å². The molecule has 0 saturated carbocycles. The number of rotatable bonds is 9. The smallest absolute Gasteiger partial charge is 0.228 e. The van der Waals surface area contributed by atoms with Crippen molar-refractivity contribution in [3.63, 3.8) is 0 Å². The molecule has 4 aromatic heterocycles. The molecule has 0 aliphatic heterocycles. The lowest BCUT2D eigenvalue weighted by molar-refractivity contribution is -0.115. The first-order valence-electron chi connectivity index (χ1n) is 14.8. The number of imidazole rings is 1. The van der Waals surface area contributed by atoms with Crippen LogP contribution in [0.5, 0.6) is 0 Å². The largest absolute Gasteiger partial charge is 0.336 e. The van der Waals surface area contributed by atoms with Crippen LogP contribution >= 0.6 is 0 Å². The van der Waals surface area contributed by atoms with Crippen molar-refractivity contribution in [2.45, 2.75) is 12.8 Å². The Morgan fingerprint density at radius 3 is 2.55 bits per heavy atom. The SMILES string of the molecule is CS(=O)(=O)CCc1cc(F)cc(-c2nccc3[nH]c(-c4n[nH]c5ccc(-c6cncc(NC(=O)Cc7ccccc7)c6)cc45)nc23)c1. The molecule has 7 rings (SSSR count). The third-order valence-corrected chi connectivity index (χ3v) is 8.69. The fourth-order valence-electron chi connectivity index (χ4n) is 5.52. The maximum Gasteiger partial charge on any atom is 0.228 e. The average Bonchev–Trinajstić information content (AvgIpc) is 3.68. The number of amides is 1. The normalized spacial score (nSPS) is 11.7. The number of pyridine rings is 2. The van der Waals surface area contributed by atoms with E-state index in [4.69, 9.17) is 4.98 Å². The second kappa shape index (κ2) is 12.2. The number of aromatic amines is 2. The molecular formula is C35H28FN7O3S. The lowest BCUT2D eigenvalue weighted by atomic mass is 10.0. The Balaban J connectivity index is 1.20. The number of benzene rings is 3. The Labute approximate surface area is 269 Å². The standard InChI is InChI=1S/C35H28FN7O3S/c1-47(45,46)12-10-22-13-24(16-26(36)14-22)32-34-30(9-11-38-32)40-35(41-34)33-28-18-23(7-8-29(28)42-43-33)25-17-27(20-37-19-25)39-31(44)15-21-5-3-2-4-6-21/h2-9,11,13-14,16-20H,10,12,15H2,1H3,(H,39,44)(H,40,41)(H,42,43). The van der Waals surface area contributed by atoms with Gasteiger partial charge in [0.15, 0.2) is 5.82 Å². The van der Waals surface area contributed by atoms with E-state index in [1.807, 2.05) is 54.6 Å². The van der Waals surface area contributed by atoms with Crippen LogP contribution < -0.4 is 5.32 Å². The molecule has 234 valence electrons. The van der Waals surface area contributed by atoms with Crippen molar-refractivity contribution in [2.75, 3.05) is 17.3 Å². The van der Waals surface area contributed by atoms with E-state index in [2.05, 4.69) is 30.5 Å². The number of hydrogen-bond acceptors (Lipinski definition) is 7. The molecule has 0 bridgehead atoms. The molecule has 10 nitrogen and oxygen atoms in total. The lowest BCUT2D eigenvalue weighted by Crippen LogP contribution is -2.14. The number of fused-ring (bicyclic) bond motifs is 2. The zero-order valence-corrected chi connectivity index (χ0v) is 26.0. The van der Waals surface area contributed by atoms with Crippen molar-refractivity contribution in [1.82, 2.24) is 30.1 Å². The highest BCUT2D eigenvalue weighted by Gasteiger charge is 2.18. The summed E-state index contributed by atoms with van der Waals surface area (Å²) in [7, 11) is -3.21. The van der Waals surface area contributed by atoms with Crippen LogP contribution in [0, 0.1) is 5.82 Å². The summed E-state index contributed by atoms with van der Waals surface area (Å²) < 4.78 is 38.0. The number of H-pyrrole nitrogens is 2. The first kappa shape index (κ1) is 29.9. The minimum absolute atomic E-state index is 0.0858. The van der Waals surface area contributed by atoms with Crippen molar-refractivity contribution in [3.05, 3.63) is 114 Å². The number of hydrogen-bond donors (Lipinski definition) is 3. The number of anilines is 1. The Bertz CT molecular complexity index is 2390. The van der Waals surface area contributed by atoms with Crippen LogP contribution in [0.1, 0.15) is 11.1 Å². The van der Waals surface area contributed by atoms with Gasteiger partial charge in [0.25, 0.3) is 0 Å². The predicted octanol–water partition coefficient (Wildman–Crippen LogP) is 6.14. The van der Waals surface area contributed by atoms with Gasteiger partial charge in [-0.25, -0.2) is 17.8 Å². The molecule has 12 heteroatoms. The monoisotopic (exact) mass is 645 g/mol. The highest BCUT2D eigenvalue weighted by atomic mass is 32.2. The Hall–Kier alpha value is -5.75. The van der Waals surface area contributed by atoms with Gasteiger partial charge in [-0.15, -0.1) is 0 Å². The zero-order valence-electron chi connectivity index (χ0n) is 25.2. The van der Waals surface area contributed by atoms with Gasteiger partial charge in [0, 0.05) is 35.2 Å². The molecule has 47 heavy (non-hydrogen) atoms. The third-order valence-electron chi connectivity index (χ3n) is 7.74. The molecular weight excluding hydrogens is 617 g/mol. The van der Waals surface area contributed by atoms with Crippen LogP contribution in [0.3, 0.4) is 0 Å². The summed E-state index contributed by atoms with van der Waals surface area (Å²) in [5, 5.41) is 11.3. The number of sulfone groups is 1. The van der Waals surface area contributed by atoms with Gasteiger partial charge in [0.1, 0.15) is 26.9 Å². The molecule has 7 aromatic rings. The summed E-state index contributed by atoms with van der Waals surface area (Å²) >= 11 is 0. The Morgan fingerprint density at radius 2 is 1.72 bits per heavy atom. The number of nitrogens with zero attached hydrogens (tertiary/aromatic N) is 4. The Kier molecular flexibility index (Phi) is 7.78. The van der Waals surface area contributed by atoms with E-state index in [1.165, 1.54) is 12.1 Å². The fourth-order valence-corrected chi connectivity index (χ4v) is 6.13. The summed E-state index contributed by atoms with van der Waals surface area (Å²) in [4.78, 5) is 29.7. The van der Waals surface area contributed by atoms with Crippen LogP contribution in [0.2, 0.25) is 0 Å². The lowest BCUT2D eigenvalue weighted by Gasteiger charge is -2.08. The number of carbonyl (C=O) groups excluding carboxylic acids is 1. The summed E-state index contributed by atoms with van der Waals surface area (Å²) in [6.07, 6.45) is 6.56. The van der Waals surface area contributed by atoms with Crippen molar-refractivity contribution in [1.29, 1.82) is 0 Å². The summed E-state index contributed by atoms with van der Waals surface area (Å²) in [5.41, 5.74) is 7.28. The summed E-state index contributed by atoms with van der Waals surface area (Å²) in [6, 6.07) is 23.5. The molecule has 0 atom stereocenters. The van der Waals surface area contributed by atoms with Gasteiger partial charge in [-0.1, -0.05) is 36.4 Å². The first-order chi connectivity index (χ1) is 22.7. The molecule has 0 spiro atoms. The van der Waals surface area contributed by atoms with Crippen LogP contribution in [0.15, 0.2) is 97.5 Å². The molecule has 1 amide bonds. The van der Waals surface area contributed by atoms with Crippen molar-refractivity contribution >= 4 is 43.4 Å². The molecule has 3 aromatic carbocycles.